The molecule has 0 saturated heterocycles. The van der Waals surface area contributed by atoms with Gasteiger partial charge in [-0.05, 0) is 68.1 Å². The molecule has 7 heteroatoms. The Hall–Kier alpha value is -2.18. The molecule has 0 bridgehead atoms. The molecule has 0 fully saturated rings. The molecule has 3 rings (SSSR count). The molecular weight excluding hydrogens is 394 g/mol. The van der Waals surface area contributed by atoms with Crippen LogP contribution in [0.4, 0.5) is 5.82 Å². The van der Waals surface area contributed by atoms with Crippen molar-refractivity contribution in [3.8, 4) is 5.75 Å². The van der Waals surface area contributed by atoms with E-state index in [-0.39, 0.29) is 0 Å². The van der Waals surface area contributed by atoms with Crippen LogP contribution in [0.5, 0.6) is 5.75 Å². The van der Waals surface area contributed by atoms with Crippen LogP contribution in [0, 0.1) is 19.8 Å². The van der Waals surface area contributed by atoms with E-state index in [0.717, 1.165) is 40.0 Å². The van der Waals surface area contributed by atoms with Gasteiger partial charge < -0.3 is 9.26 Å². The van der Waals surface area contributed by atoms with E-state index in [1.165, 1.54) is 0 Å². The molecule has 0 N–H and O–H groups in total. The number of hydrogen-bond acceptors (Lipinski definition) is 6. The summed E-state index contributed by atoms with van der Waals surface area (Å²) in [7, 11) is 0. The molecule has 5 nitrogen and oxygen atoms in total. The predicted molar refractivity (Wildman–Crippen MR) is 114 cm³/mol. The van der Waals surface area contributed by atoms with Gasteiger partial charge in [-0.2, -0.15) is 0 Å². The van der Waals surface area contributed by atoms with Crippen molar-refractivity contribution in [1.29, 1.82) is 0 Å². The Balaban J connectivity index is 1.66. The number of aromatic nitrogens is 2. The Morgan fingerprint density at radius 2 is 1.89 bits per heavy atom. The molecule has 0 aliphatic rings. The molecule has 28 heavy (non-hydrogen) atoms. The Morgan fingerprint density at radius 1 is 1.14 bits per heavy atom. The van der Waals surface area contributed by atoms with E-state index < -0.39 is 0 Å². The minimum atomic E-state index is 0.446. The summed E-state index contributed by atoms with van der Waals surface area (Å²) in [6, 6.07) is 11.9. The van der Waals surface area contributed by atoms with Gasteiger partial charge in [-0.3, -0.25) is 4.31 Å². The van der Waals surface area contributed by atoms with Gasteiger partial charge in [-0.1, -0.05) is 30.6 Å². The average molecular weight is 418 g/mol. The minimum absolute atomic E-state index is 0.446. The largest absolute Gasteiger partial charge is 0.489 e. The Kier molecular flexibility index (Phi) is 6.86. The minimum Gasteiger partial charge on any atom is -0.489 e. The third-order valence-electron chi connectivity index (χ3n) is 4.10. The third kappa shape index (κ3) is 5.42. The fraction of sp³-hybridized carbons (Fsp3) is 0.333. The number of pyridine rings is 1. The lowest BCUT2D eigenvalue weighted by Gasteiger charge is -2.24. The van der Waals surface area contributed by atoms with Crippen molar-refractivity contribution in [2.75, 3.05) is 10.8 Å². The zero-order valence-electron chi connectivity index (χ0n) is 16.5. The molecule has 0 aliphatic carbocycles. The summed E-state index contributed by atoms with van der Waals surface area (Å²) in [5.74, 6) is 3.00. The average Bonchev–Trinajstić information content (AvgIpc) is 2.99. The van der Waals surface area contributed by atoms with Crippen LogP contribution in [0.3, 0.4) is 0 Å². The van der Waals surface area contributed by atoms with Crippen LogP contribution in [0.2, 0.25) is 5.02 Å². The van der Waals surface area contributed by atoms with E-state index >= 15 is 0 Å². The van der Waals surface area contributed by atoms with Crippen molar-refractivity contribution in [3.05, 3.63) is 64.6 Å². The molecule has 148 valence electrons. The van der Waals surface area contributed by atoms with Crippen molar-refractivity contribution in [2.24, 2.45) is 5.92 Å². The molecule has 1 aromatic carbocycles. The third-order valence-corrected chi connectivity index (χ3v) is 5.37. The van der Waals surface area contributed by atoms with Crippen LogP contribution < -0.4 is 9.04 Å². The summed E-state index contributed by atoms with van der Waals surface area (Å²) in [5, 5.41) is 4.59. The van der Waals surface area contributed by atoms with Crippen LogP contribution in [-0.4, -0.2) is 16.7 Å². The fourth-order valence-electron chi connectivity index (χ4n) is 2.61. The van der Waals surface area contributed by atoms with Crippen molar-refractivity contribution >= 4 is 29.4 Å². The first kappa shape index (κ1) is 20.6. The molecule has 2 heterocycles. The van der Waals surface area contributed by atoms with Crippen LogP contribution >= 0.6 is 23.5 Å². The molecule has 0 aliphatic heterocycles. The van der Waals surface area contributed by atoms with Gasteiger partial charge in [0.05, 0.1) is 16.3 Å². The first-order valence-electron chi connectivity index (χ1n) is 9.14. The number of benzene rings is 1. The second kappa shape index (κ2) is 9.34. The number of rotatable bonds is 8. The number of hydrogen-bond donors (Lipinski definition) is 0. The van der Waals surface area contributed by atoms with Crippen LogP contribution in [-0.2, 0) is 6.61 Å². The Bertz CT molecular complexity index is 876. The molecule has 0 unspecified atom stereocenters. The maximum atomic E-state index is 5.97. The van der Waals surface area contributed by atoms with Gasteiger partial charge in [0, 0.05) is 17.6 Å². The number of nitrogens with zero attached hydrogens (tertiary/aromatic N) is 3. The van der Waals surface area contributed by atoms with Crippen LogP contribution in [0.15, 0.2) is 52.0 Å². The normalized spacial score (nSPS) is 11.1. The summed E-state index contributed by atoms with van der Waals surface area (Å²) < 4.78 is 13.2. The SMILES string of the molecule is Cc1noc(C)c1COc1ccc(SN(CC(C)C)c2ccc(Cl)cn2)cc1. The Labute approximate surface area is 175 Å². The van der Waals surface area contributed by atoms with E-state index in [4.69, 9.17) is 20.9 Å². The first-order valence-corrected chi connectivity index (χ1v) is 10.3. The summed E-state index contributed by atoms with van der Waals surface area (Å²) in [5.41, 5.74) is 1.86. The monoisotopic (exact) mass is 417 g/mol. The zero-order chi connectivity index (χ0) is 20.1. The lowest BCUT2D eigenvalue weighted by molar-refractivity contribution is 0.301. The van der Waals surface area contributed by atoms with E-state index in [9.17, 15) is 0 Å². The van der Waals surface area contributed by atoms with E-state index in [2.05, 4.69) is 40.4 Å². The molecule has 0 spiro atoms. The highest BCUT2D eigenvalue weighted by molar-refractivity contribution is 8.00. The van der Waals surface area contributed by atoms with Crippen molar-refractivity contribution < 1.29 is 9.26 Å². The maximum Gasteiger partial charge on any atom is 0.140 e. The molecule has 2 aromatic heterocycles. The van der Waals surface area contributed by atoms with E-state index in [1.54, 1.807) is 18.1 Å². The summed E-state index contributed by atoms with van der Waals surface area (Å²) in [4.78, 5) is 5.57. The molecule has 0 atom stereocenters. The highest BCUT2D eigenvalue weighted by Crippen LogP contribution is 2.30. The van der Waals surface area contributed by atoms with Gasteiger partial charge in [0.15, 0.2) is 0 Å². The predicted octanol–water partition coefficient (Wildman–Crippen LogP) is 6.09. The van der Waals surface area contributed by atoms with Crippen LogP contribution in [0.25, 0.3) is 0 Å². The highest BCUT2D eigenvalue weighted by Gasteiger charge is 2.13. The van der Waals surface area contributed by atoms with Gasteiger partial charge >= 0.3 is 0 Å². The number of anilines is 1. The van der Waals surface area contributed by atoms with E-state index in [1.807, 2.05) is 38.1 Å². The van der Waals surface area contributed by atoms with Gasteiger partial charge in [0.1, 0.15) is 23.9 Å². The molecule has 0 amide bonds. The lowest BCUT2D eigenvalue weighted by atomic mass is 10.2. The second-order valence-corrected chi connectivity index (χ2v) is 8.47. The quantitative estimate of drug-likeness (QED) is 0.413. The molecular formula is C21H24ClN3O2S. The smallest absolute Gasteiger partial charge is 0.140 e. The highest BCUT2D eigenvalue weighted by atomic mass is 35.5. The van der Waals surface area contributed by atoms with Gasteiger partial charge in [-0.25, -0.2) is 4.98 Å². The lowest BCUT2D eigenvalue weighted by Crippen LogP contribution is -2.21. The molecule has 0 saturated carbocycles. The maximum absolute atomic E-state index is 5.97. The molecule has 0 radical (unpaired) electrons. The van der Waals surface area contributed by atoms with Gasteiger partial charge in [0.2, 0.25) is 0 Å². The van der Waals surface area contributed by atoms with Crippen molar-refractivity contribution in [1.82, 2.24) is 10.1 Å². The standard InChI is InChI=1S/C21H24ClN3O2S/c1-14(2)12-25(21-10-5-17(22)11-23-21)28-19-8-6-18(7-9-19)26-13-20-15(3)24-27-16(20)4/h5-11,14H,12-13H2,1-4H3. The fourth-order valence-corrected chi connectivity index (χ4v) is 3.81. The number of halogens is 1. The van der Waals surface area contributed by atoms with Gasteiger partial charge in [0.25, 0.3) is 0 Å². The van der Waals surface area contributed by atoms with E-state index in [0.29, 0.717) is 17.5 Å². The van der Waals surface area contributed by atoms with Crippen molar-refractivity contribution in [2.45, 2.75) is 39.2 Å². The molecule has 3 aromatic rings. The van der Waals surface area contributed by atoms with Crippen molar-refractivity contribution in [3.63, 3.8) is 0 Å². The first-order chi connectivity index (χ1) is 13.4. The summed E-state index contributed by atoms with van der Waals surface area (Å²) in [6.07, 6.45) is 1.68. The topological polar surface area (TPSA) is 51.4 Å². The van der Waals surface area contributed by atoms with Gasteiger partial charge in [-0.15, -0.1) is 0 Å². The Morgan fingerprint density at radius 3 is 2.46 bits per heavy atom. The summed E-state index contributed by atoms with van der Waals surface area (Å²) >= 11 is 7.63. The van der Waals surface area contributed by atoms with Crippen LogP contribution in [0.1, 0.15) is 30.9 Å². The number of aryl methyl sites for hydroxylation is 2. The zero-order valence-corrected chi connectivity index (χ0v) is 18.0. The second-order valence-electron chi connectivity index (χ2n) is 6.94. The summed E-state index contributed by atoms with van der Waals surface area (Å²) in [6.45, 7) is 9.52. The number of ether oxygens (including phenoxy) is 1.